The summed E-state index contributed by atoms with van der Waals surface area (Å²) in [5.41, 5.74) is 3.78. The largest absolute Gasteiger partial charge is 0.487 e. The molecule has 2 aromatic heterocycles. The van der Waals surface area contributed by atoms with E-state index in [0.717, 1.165) is 33.6 Å². The maximum absolute atomic E-state index is 6.51. The molecule has 0 saturated carbocycles. The lowest BCUT2D eigenvalue weighted by Gasteiger charge is -2.11. The summed E-state index contributed by atoms with van der Waals surface area (Å²) in [5.74, 6) is 1.36. The molecule has 0 unspecified atom stereocenters. The van der Waals surface area contributed by atoms with Crippen LogP contribution in [0.15, 0.2) is 60.8 Å². The Morgan fingerprint density at radius 2 is 1.82 bits per heavy atom. The Bertz CT molecular complexity index is 1140. The molecule has 142 valence electrons. The van der Waals surface area contributed by atoms with Gasteiger partial charge in [0.05, 0.1) is 17.7 Å². The monoisotopic (exact) mass is 412 g/mol. The van der Waals surface area contributed by atoms with E-state index >= 15 is 0 Å². The molecule has 0 spiro atoms. The number of hydrogen-bond acceptors (Lipinski definition) is 3. The highest BCUT2D eigenvalue weighted by Crippen LogP contribution is 2.41. The number of aromatic nitrogens is 2. The molecule has 4 nitrogen and oxygen atoms in total. The van der Waals surface area contributed by atoms with E-state index in [1.807, 2.05) is 66.2 Å². The quantitative estimate of drug-likeness (QED) is 0.395. The molecule has 0 aliphatic rings. The maximum atomic E-state index is 6.51. The van der Waals surface area contributed by atoms with Gasteiger partial charge in [-0.2, -0.15) is 0 Å². The fraction of sp³-hybridized carbons (Fsp3) is 0.136. The van der Waals surface area contributed by atoms with Gasteiger partial charge in [-0.05, 0) is 47.5 Å². The third-order valence-corrected chi connectivity index (χ3v) is 5.16. The molecule has 2 heterocycles. The van der Waals surface area contributed by atoms with Crippen LogP contribution in [0.4, 0.5) is 0 Å². The summed E-state index contributed by atoms with van der Waals surface area (Å²) < 4.78 is 13.5. The second-order valence-corrected chi connectivity index (χ2v) is 7.22. The Labute approximate surface area is 173 Å². The van der Waals surface area contributed by atoms with E-state index in [2.05, 4.69) is 4.98 Å². The lowest BCUT2D eigenvalue weighted by Crippen LogP contribution is -1.96. The normalized spacial score (nSPS) is 11.0. The number of ether oxygens (including phenoxy) is 2. The third-order valence-electron chi connectivity index (χ3n) is 4.61. The fourth-order valence-electron chi connectivity index (χ4n) is 3.27. The van der Waals surface area contributed by atoms with Crippen molar-refractivity contribution in [2.75, 3.05) is 7.11 Å². The number of nitrogens with zero attached hydrogens (tertiary/aromatic N) is 2. The lowest BCUT2D eigenvalue weighted by atomic mass is 10.1. The highest BCUT2D eigenvalue weighted by atomic mass is 35.5. The Morgan fingerprint density at radius 3 is 2.54 bits per heavy atom. The van der Waals surface area contributed by atoms with Gasteiger partial charge in [-0.15, -0.1) is 0 Å². The summed E-state index contributed by atoms with van der Waals surface area (Å²) >= 11 is 12.4. The van der Waals surface area contributed by atoms with Gasteiger partial charge in [0, 0.05) is 23.7 Å². The molecule has 0 atom stereocenters. The van der Waals surface area contributed by atoms with Gasteiger partial charge in [0.2, 0.25) is 5.88 Å². The van der Waals surface area contributed by atoms with Crippen molar-refractivity contribution in [3.05, 3.63) is 76.4 Å². The Morgan fingerprint density at radius 1 is 1.04 bits per heavy atom. The number of benzene rings is 2. The minimum absolute atomic E-state index is 0.414. The van der Waals surface area contributed by atoms with E-state index in [4.69, 9.17) is 32.7 Å². The SMILES string of the molecule is COc1c(-c2ccc(OCc3ccc(Cl)cc3)c(Cl)c2)c2cccnc2n1C. The van der Waals surface area contributed by atoms with Gasteiger partial charge in [-0.1, -0.05) is 41.4 Å². The number of pyridine rings is 1. The van der Waals surface area contributed by atoms with Gasteiger partial charge in [-0.25, -0.2) is 4.98 Å². The van der Waals surface area contributed by atoms with Crippen LogP contribution in [-0.4, -0.2) is 16.7 Å². The minimum atomic E-state index is 0.414. The number of fused-ring (bicyclic) bond motifs is 1. The van der Waals surface area contributed by atoms with E-state index in [1.165, 1.54) is 0 Å². The summed E-state index contributed by atoms with van der Waals surface area (Å²) in [6, 6.07) is 17.2. The number of methoxy groups -OCH3 is 1. The van der Waals surface area contributed by atoms with Crippen molar-refractivity contribution < 1.29 is 9.47 Å². The number of hydrogen-bond donors (Lipinski definition) is 0. The second kappa shape index (κ2) is 7.74. The van der Waals surface area contributed by atoms with Crippen molar-refractivity contribution in [1.82, 2.24) is 9.55 Å². The molecule has 0 radical (unpaired) electrons. The summed E-state index contributed by atoms with van der Waals surface area (Å²) in [6.07, 6.45) is 1.77. The molecular formula is C22H18Cl2N2O2. The predicted molar refractivity (Wildman–Crippen MR) is 113 cm³/mol. The smallest absolute Gasteiger partial charge is 0.203 e. The van der Waals surface area contributed by atoms with Gasteiger partial charge < -0.3 is 9.47 Å². The van der Waals surface area contributed by atoms with E-state index in [1.54, 1.807) is 13.3 Å². The molecule has 28 heavy (non-hydrogen) atoms. The van der Waals surface area contributed by atoms with Crippen molar-refractivity contribution in [2.24, 2.45) is 7.05 Å². The van der Waals surface area contributed by atoms with E-state index in [-0.39, 0.29) is 0 Å². The zero-order chi connectivity index (χ0) is 19.7. The maximum Gasteiger partial charge on any atom is 0.203 e. The molecule has 6 heteroatoms. The number of aryl methyl sites for hydroxylation is 1. The zero-order valence-electron chi connectivity index (χ0n) is 15.4. The zero-order valence-corrected chi connectivity index (χ0v) is 17.0. The fourth-order valence-corrected chi connectivity index (χ4v) is 3.63. The molecule has 2 aromatic carbocycles. The van der Waals surface area contributed by atoms with Gasteiger partial charge >= 0.3 is 0 Å². The summed E-state index contributed by atoms with van der Waals surface area (Å²) in [6.45, 7) is 0.414. The minimum Gasteiger partial charge on any atom is -0.487 e. The first-order valence-electron chi connectivity index (χ1n) is 8.73. The van der Waals surface area contributed by atoms with E-state index in [0.29, 0.717) is 22.4 Å². The molecule has 0 N–H and O–H groups in total. The molecule has 0 saturated heterocycles. The predicted octanol–water partition coefficient (Wildman–Crippen LogP) is 6.13. The Balaban J connectivity index is 1.67. The van der Waals surface area contributed by atoms with E-state index < -0.39 is 0 Å². The molecule has 0 amide bonds. The van der Waals surface area contributed by atoms with Gasteiger partial charge in [0.25, 0.3) is 0 Å². The second-order valence-electron chi connectivity index (χ2n) is 6.38. The van der Waals surface area contributed by atoms with Gasteiger partial charge in [-0.3, -0.25) is 4.57 Å². The number of rotatable bonds is 5. The first-order chi connectivity index (χ1) is 13.6. The van der Waals surface area contributed by atoms with E-state index in [9.17, 15) is 0 Å². The molecule has 4 rings (SSSR count). The molecule has 4 aromatic rings. The molecule has 0 aliphatic heterocycles. The van der Waals surface area contributed by atoms with Crippen LogP contribution in [0.25, 0.3) is 22.2 Å². The van der Waals surface area contributed by atoms with Crippen molar-refractivity contribution in [3.63, 3.8) is 0 Å². The Hall–Kier alpha value is -2.69. The highest BCUT2D eigenvalue weighted by molar-refractivity contribution is 6.32. The van der Waals surface area contributed by atoms with Crippen LogP contribution in [0.5, 0.6) is 11.6 Å². The van der Waals surface area contributed by atoms with Crippen molar-refractivity contribution >= 4 is 34.2 Å². The van der Waals surface area contributed by atoms with Crippen LogP contribution >= 0.6 is 23.2 Å². The lowest BCUT2D eigenvalue weighted by molar-refractivity contribution is 0.306. The van der Waals surface area contributed by atoms with Crippen molar-refractivity contribution in [1.29, 1.82) is 0 Å². The first-order valence-corrected chi connectivity index (χ1v) is 9.48. The first kappa shape index (κ1) is 18.7. The summed E-state index contributed by atoms with van der Waals surface area (Å²) in [4.78, 5) is 4.46. The van der Waals surface area contributed by atoms with Crippen LogP contribution < -0.4 is 9.47 Å². The molecule has 0 bridgehead atoms. The van der Waals surface area contributed by atoms with Crippen molar-refractivity contribution in [3.8, 4) is 22.8 Å². The van der Waals surface area contributed by atoms with Crippen LogP contribution in [-0.2, 0) is 13.7 Å². The summed E-state index contributed by atoms with van der Waals surface area (Å²) in [5, 5.41) is 2.24. The number of halogens is 2. The Kier molecular flexibility index (Phi) is 5.16. The highest BCUT2D eigenvalue weighted by Gasteiger charge is 2.19. The van der Waals surface area contributed by atoms with Crippen molar-refractivity contribution in [2.45, 2.75) is 6.61 Å². The molecule has 0 aliphatic carbocycles. The summed E-state index contributed by atoms with van der Waals surface area (Å²) in [7, 11) is 3.59. The van der Waals surface area contributed by atoms with Crippen LogP contribution in [0.1, 0.15) is 5.56 Å². The average Bonchev–Trinajstić information content (AvgIpc) is 3.00. The third kappa shape index (κ3) is 3.41. The van der Waals surface area contributed by atoms with Gasteiger partial charge in [0.1, 0.15) is 18.0 Å². The van der Waals surface area contributed by atoms with Crippen LogP contribution in [0.3, 0.4) is 0 Å². The van der Waals surface area contributed by atoms with Crippen LogP contribution in [0, 0.1) is 0 Å². The molecular weight excluding hydrogens is 395 g/mol. The van der Waals surface area contributed by atoms with Crippen LogP contribution in [0.2, 0.25) is 10.0 Å². The topological polar surface area (TPSA) is 36.3 Å². The standard InChI is InChI=1S/C22H18Cl2N2O2/c1-26-21-17(4-3-11-25-21)20(22(26)27-2)15-7-10-19(18(24)12-15)28-13-14-5-8-16(23)9-6-14/h3-12H,13H2,1-2H3. The molecule has 0 fully saturated rings. The average molecular weight is 413 g/mol. The van der Waals surface area contributed by atoms with Gasteiger partial charge in [0.15, 0.2) is 0 Å².